The number of ketones is 1. The Labute approximate surface area is 123 Å². The molecule has 0 saturated heterocycles. The van der Waals surface area contributed by atoms with Crippen molar-refractivity contribution in [2.45, 2.75) is 33.3 Å². The molecule has 0 heterocycles. The second-order valence-corrected chi connectivity index (χ2v) is 6.40. The molecule has 2 saturated carbocycles. The fourth-order valence-corrected chi connectivity index (χ4v) is 4.70. The smallest absolute Gasteiger partial charge is 0.309 e. The minimum Gasteiger partial charge on any atom is -0.466 e. The highest BCUT2D eigenvalue weighted by atomic mass is 16.5. The van der Waals surface area contributed by atoms with E-state index in [1.165, 1.54) is 6.92 Å². The van der Waals surface area contributed by atoms with Gasteiger partial charge in [0.1, 0.15) is 6.10 Å². The molecule has 0 spiro atoms. The van der Waals surface area contributed by atoms with E-state index in [1.807, 2.05) is 13.0 Å². The van der Waals surface area contributed by atoms with E-state index in [0.717, 1.165) is 0 Å². The van der Waals surface area contributed by atoms with Crippen LogP contribution in [0.3, 0.4) is 0 Å². The molecule has 0 aromatic rings. The predicted octanol–water partition coefficient (Wildman–Crippen LogP) is 1.51. The molecule has 3 rings (SSSR count). The normalized spacial score (nSPS) is 43.0. The zero-order chi connectivity index (χ0) is 15.4. The molecule has 0 unspecified atom stereocenters. The van der Waals surface area contributed by atoms with Crippen molar-refractivity contribution in [1.29, 1.82) is 0 Å². The Hall–Kier alpha value is -1.65. The van der Waals surface area contributed by atoms with Gasteiger partial charge in [-0.3, -0.25) is 14.4 Å². The molecular weight excluding hydrogens is 272 g/mol. The highest BCUT2D eigenvalue weighted by Gasteiger charge is 2.73. The fourth-order valence-electron chi connectivity index (χ4n) is 4.70. The van der Waals surface area contributed by atoms with Crippen molar-refractivity contribution in [3.63, 3.8) is 0 Å². The molecular formula is C16H20O5. The molecule has 5 heteroatoms. The summed E-state index contributed by atoms with van der Waals surface area (Å²) in [6.07, 6.45) is 3.64. The Balaban J connectivity index is 1.91. The van der Waals surface area contributed by atoms with Crippen molar-refractivity contribution < 1.29 is 23.9 Å². The second-order valence-electron chi connectivity index (χ2n) is 6.40. The van der Waals surface area contributed by atoms with E-state index in [4.69, 9.17) is 9.47 Å². The molecule has 2 fully saturated rings. The summed E-state index contributed by atoms with van der Waals surface area (Å²) in [5, 5.41) is 0. The molecule has 3 aliphatic carbocycles. The predicted molar refractivity (Wildman–Crippen MR) is 73.0 cm³/mol. The van der Waals surface area contributed by atoms with Crippen molar-refractivity contribution in [2.24, 2.45) is 29.1 Å². The van der Waals surface area contributed by atoms with Gasteiger partial charge in [0, 0.05) is 18.3 Å². The summed E-state index contributed by atoms with van der Waals surface area (Å²) in [7, 11) is 0. The van der Waals surface area contributed by atoms with Crippen LogP contribution in [0.5, 0.6) is 0 Å². The third kappa shape index (κ3) is 1.79. The zero-order valence-electron chi connectivity index (χ0n) is 12.5. The molecule has 0 aliphatic heterocycles. The van der Waals surface area contributed by atoms with Crippen LogP contribution in [0.1, 0.15) is 27.2 Å². The maximum absolute atomic E-state index is 12.2. The van der Waals surface area contributed by atoms with E-state index >= 15 is 0 Å². The fraction of sp³-hybridized carbons (Fsp3) is 0.688. The van der Waals surface area contributed by atoms with Crippen LogP contribution in [-0.2, 0) is 23.9 Å². The van der Waals surface area contributed by atoms with Gasteiger partial charge in [-0.2, -0.15) is 0 Å². The third-order valence-corrected chi connectivity index (χ3v) is 5.50. The highest BCUT2D eigenvalue weighted by Crippen LogP contribution is 2.69. The lowest BCUT2D eigenvalue weighted by molar-refractivity contribution is -0.175. The van der Waals surface area contributed by atoms with Gasteiger partial charge in [-0.25, -0.2) is 0 Å². The third-order valence-electron chi connectivity index (χ3n) is 5.50. The van der Waals surface area contributed by atoms with Gasteiger partial charge in [-0.15, -0.1) is 0 Å². The first-order chi connectivity index (χ1) is 9.91. The molecule has 21 heavy (non-hydrogen) atoms. The van der Waals surface area contributed by atoms with E-state index < -0.39 is 0 Å². The molecule has 0 N–H and O–H groups in total. The molecule has 0 amide bonds. The van der Waals surface area contributed by atoms with Gasteiger partial charge in [0.05, 0.1) is 12.5 Å². The van der Waals surface area contributed by atoms with Gasteiger partial charge < -0.3 is 9.47 Å². The summed E-state index contributed by atoms with van der Waals surface area (Å²) in [6, 6.07) is 0. The lowest BCUT2D eigenvalue weighted by Gasteiger charge is -2.55. The topological polar surface area (TPSA) is 69.7 Å². The van der Waals surface area contributed by atoms with Gasteiger partial charge >= 0.3 is 11.9 Å². The Kier molecular flexibility index (Phi) is 3.19. The molecule has 5 nitrogen and oxygen atoms in total. The van der Waals surface area contributed by atoms with Crippen LogP contribution in [-0.4, -0.2) is 30.4 Å². The summed E-state index contributed by atoms with van der Waals surface area (Å²) in [5.41, 5.74) is -0.337. The van der Waals surface area contributed by atoms with Crippen LogP contribution in [0.4, 0.5) is 0 Å². The van der Waals surface area contributed by atoms with Crippen molar-refractivity contribution >= 4 is 17.7 Å². The lowest BCUT2D eigenvalue weighted by atomic mass is 9.47. The van der Waals surface area contributed by atoms with Gasteiger partial charge in [-0.05, 0) is 31.3 Å². The first kappa shape index (κ1) is 14.3. The number of carbonyl (C=O) groups excluding carboxylic acids is 3. The lowest BCUT2D eigenvalue weighted by Crippen LogP contribution is -2.59. The van der Waals surface area contributed by atoms with Gasteiger partial charge in [0.25, 0.3) is 0 Å². The Bertz CT molecular complexity index is 537. The maximum atomic E-state index is 12.2. The van der Waals surface area contributed by atoms with Crippen LogP contribution in [0.25, 0.3) is 0 Å². The number of esters is 2. The molecule has 3 aliphatic rings. The summed E-state index contributed by atoms with van der Waals surface area (Å²) < 4.78 is 10.6. The van der Waals surface area contributed by atoms with E-state index in [1.54, 1.807) is 13.0 Å². The minimum absolute atomic E-state index is 0.0683. The molecule has 0 aromatic heterocycles. The van der Waals surface area contributed by atoms with Crippen molar-refractivity contribution in [3.8, 4) is 0 Å². The van der Waals surface area contributed by atoms with Crippen LogP contribution in [0.15, 0.2) is 12.2 Å². The second kappa shape index (κ2) is 4.68. The Morgan fingerprint density at radius 2 is 2.14 bits per heavy atom. The molecule has 0 radical (unpaired) electrons. The number of hydrogen-bond donors (Lipinski definition) is 0. The standard InChI is InChI=1S/C16H20O5/c1-4-20-15(19)9-7-12(21-8(2)17)16(3)10-5-6-11(18)13(10)14(9)16/h5-6,9-10,12-14H,4,7H2,1-3H3/t9-,10+,12-,13+,14+,16+/m1/s1. The van der Waals surface area contributed by atoms with E-state index in [-0.39, 0.29) is 52.9 Å². The van der Waals surface area contributed by atoms with Crippen LogP contribution in [0.2, 0.25) is 0 Å². The van der Waals surface area contributed by atoms with Crippen molar-refractivity contribution in [3.05, 3.63) is 12.2 Å². The number of fused-ring (bicyclic) bond motifs is 4. The summed E-state index contributed by atoms with van der Waals surface area (Å²) >= 11 is 0. The van der Waals surface area contributed by atoms with Gasteiger partial charge in [0.15, 0.2) is 5.78 Å². The quantitative estimate of drug-likeness (QED) is 0.737. The summed E-state index contributed by atoms with van der Waals surface area (Å²) in [6.45, 7) is 5.48. The molecule has 0 bridgehead atoms. The van der Waals surface area contributed by atoms with Crippen LogP contribution >= 0.6 is 0 Å². The van der Waals surface area contributed by atoms with Gasteiger partial charge in [-0.1, -0.05) is 13.0 Å². The Morgan fingerprint density at radius 3 is 2.76 bits per heavy atom. The number of ether oxygens (including phenoxy) is 2. The summed E-state index contributed by atoms with van der Waals surface area (Å²) in [4.78, 5) is 35.6. The monoisotopic (exact) mass is 292 g/mol. The minimum atomic E-state index is -0.357. The maximum Gasteiger partial charge on any atom is 0.309 e. The highest BCUT2D eigenvalue weighted by molar-refractivity contribution is 5.97. The number of carbonyl (C=O) groups is 3. The SMILES string of the molecule is CCOC(=O)[C@@H]1C[C@@H](OC(C)=O)[C@@]2(C)[C@@H]1[C@@H]1C(=O)C=C[C@@H]12. The zero-order valence-corrected chi connectivity index (χ0v) is 12.5. The number of hydrogen-bond acceptors (Lipinski definition) is 5. The van der Waals surface area contributed by atoms with Crippen molar-refractivity contribution in [2.75, 3.05) is 6.61 Å². The molecule has 114 valence electrons. The number of rotatable bonds is 3. The van der Waals surface area contributed by atoms with E-state index in [9.17, 15) is 14.4 Å². The largest absolute Gasteiger partial charge is 0.466 e. The Morgan fingerprint density at radius 1 is 1.43 bits per heavy atom. The number of allylic oxidation sites excluding steroid dienone is 2. The van der Waals surface area contributed by atoms with Crippen LogP contribution in [0, 0.1) is 29.1 Å². The molecule has 6 atom stereocenters. The average molecular weight is 292 g/mol. The average Bonchev–Trinajstić information content (AvgIpc) is 2.84. The first-order valence-electron chi connectivity index (χ1n) is 7.47. The molecule has 0 aromatic carbocycles. The van der Waals surface area contributed by atoms with Crippen molar-refractivity contribution in [1.82, 2.24) is 0 Å². The van der Waals surface area contributed by atoms with Crippen LogP contribution < -0.4 is 0 Å². The van der Waals surface area contributed by atoms with Gasteiger partial charge in [0.2, 0.25) is 0 Å². The summed E-state index contributed by atoms with van der Waals surface area (Å²) in [5.74, 6) is -1.07. The first-order valence-corrected chi connectivity index (χ1v) is 7.47. The van der Waals surface area contributed by atoms with E-state index in [2.05, 4.69) is 0 Å². The van der Waals surface area contributed by atoms with E-state index in [0.29, 0.717) is 13.0 Å².